The summed E-state index contributed by atoms with van der Waals surface area (Å²) < 4.78 is 0. The van der Waals surface area contributed by atoms with Gasteiger partial charge in [0.1, 0.15) is 5.78 Å². The maximum atomic E-state index is 10.8. The molecule has 0 spiro atoms. The monoisotopic (exact) mass is 216 g/mol. The fourth-order valence-electron chi connectivity index (χ4n) is 0.696. The Balaban J connectivity index is 0. The van der Waals surface area contributed by atoms with E-state index in [9.17, 15) is 4.79 Å². The molecule has 0 atom stereocenters. The molecular weight excluding hydrogens is 201 g/mol. The van der Waals surface area contributed by atoms with Gasteiger partial charge in [-0.3, -0.25) is 4.79 Å². The zero-order valence-corrected chi connectivity index (χ0v) is 9.57. The molecule has 0 aliphatic rings. The van der Waals surface area contributed by atoms with E-state index in [0.717, 1.165) is 25.7 Å². The first-order valence-corrected chi connectivity index (χ1v) is 3.62. The Kier molecular flexibility index (Phi) is 13.1. The fourth-order valence-corrected chi connectivity index (χ4v) is 0.696. The second-order valence-corrected chi connectivity index (χ2v) is 2.25. The topological polar surface area (TPSA) is 17.1 Å². The van der Waals surface area contributed by atoms with Crippen molar-refractivity contribution in [3.05, 3.63) is 6.92 Å². The number of carbonyl (C=O) groups excluding carboxylic acids is 1. The molecule has 1 nitrogen and oxygen atoms in total. The molecule has 57 valence electrons. The van der Waals surface area contributed by atoms with Crippen molar-refractivity contribution in [2.75, 3.05) is 0 Å². The van der Waals surface area contributed by atoms with Crippen LogP contribution in [0.2, 0.25) is 0 Å². The number of carbonyl (C=O) groups is 1. The molecular formula is C8H15OY-. The first kappa shape index (κ1) is 13.4. The van der Waals surface area contributed by atoms with Crippen molar-refractivity contribution in [3.63, 3.8) is 0 Å². The van der Waals surface area contributed by atoms with E-state index in [1.54, 1.807) is 0 Å². The summed E-state index contributed by atoms with van der Waals surface area (Å²) in [5, 5.41) is 0. The van der Waals surface area contributed by atoms with Crippen LogP contribution >= 0.6 is 0 Å². The third-order valence-corrected chi connectivity index (χ3v) is 1.26. The number of rotatable bonds is 5. The summed E-state index contributed by atoms with van der Waals surface area (Å²) >= 11 is 0. The molecule has 0 aromatic heterocycles. The normalized spacial score (nSPS) is 8.60. The predicted molar refractivity (Wildman–Crippen MR) is 39.1 cm³/mol. The van der Waals surface area contributed by atoms with Crippen LogP contribution in [0, 0.1) is 6.92 Å². The van der Waals surface area contributed by atoms with Gasteiger partial charge in [0.25, 0.3) is 0 Å². The average molecular weight is 216 g/mol. The number of hydrogen-bond donors (Lipinski definition) is 0. The minimum absolute atomic E-state index is 0. The average Bonchev–Trinajstić information content (AvgIpc) is 1.85. The van der Waals surface area contributed by atoms with Crippen LogP contribution in [0.3, 0.4) is 0 Å². The van der Waals surface area contributed by atoms with Gasteiger partial charge in [-0.25, -0.2) is 0 Å². The first-order chi connectivity index (χ1) is 4.31. The molecule has 0 aliphatic heterocycles. The third-order valence-electron chi connectivity index (χ3n) is 1.26. The smallest absolute Gasteiger partial charge is 0.130 e. The molecule has 0 rings (SSSR count). The van der Waals surface area contributed by atoms with Gasteiger partial charge < -0.3 is 6.92 Å². The van der Waals surface area contributed by atoms with Crippen LogP contribution in [-0.2, 0) is 37.5 Å². The number of hydrogen-bond acceptors (Lipinski definition) is 1. The van der Waals surface area contributed by atoms with E-state index in [1.165, 1.54) is 0 Å². The van der Waals surface area contributed by atoms with Crippen LogP contribution < -0.4 is 0 Å². The molecule has 0 heterocycles. The van der Waals surface area contributed by atoms with Crippen LogP contribution in [-0.4, -0.2) is 5.78 Å². The maximum absolute atomic E-state index is 10.8. The van der Waals surface area contributed by atoms with Crippen molar-refractivity contribution >= 4 is 5.78 Å². The van der Waals surface area contributed by atoms with Crippen molar-refractivity contribution in [1.82, 2.24) is 0 Å². The van der Waals surface area contributed by atoms with Crippen molar-refractivity contribution in [1.29, 1.82) is 0 Å². The Morgan fingerprint density at radius 1 is 1.40 bits per heavy atom. The minimum Gasteiger partial charge on any atom is -0.343 e. The molecule has 0 aliphatic carbocycles. The molecule has 0 N–H and O–H groups in total. The Bertz CT molecular complexity index is 81.3. The number of Topliss-reactive ketones (excluding diaryl/α,β-unsaturated/α-hetero) is 1. The summed E-state index contributed by atoms with van der Waals surface area (Å²) in [6.45, 7) is 5.71. The van der Waals surface area contributed by atoms with Gasteiger partial charge in [-0.05, 0) is 12.8 Å². The van der Waals surface area contributed by atoms with Gasteiger partial charge in [-0.2, -0.15) is 6.42 Å². The Morgan fingerprint density at radius 3 is 2.40 bits per heavy atom. The van der Waals surface area contributed by atoms with E-state index in [4.69, 9.17) is 0 Å². The SMILES string of the molecule is [CH2-]CCC(=O)CCCC.[Y]. The number of ketones is 1. The largest absolute Gasteiger partial charge is 0.343 e. The van der Waals surface area contributed by atoms with Gasteiger partial charge in [0, 0.05) is 39.1 Å². The maximum Gasteiger partial charge on any atom is 0.130 e. The molecule has 0 unspecified atom stereocenters. The van der Waals surface area contributed by atoms with Gasteiger partial charge in [0.2, 0.25) is 0 Å². The van der Waals surface area contributed by atoms with Crippen molar-refractivity contribution < 1.29 is 37.5 Å². The summed E-state index contributed by atoms with van der Waals surface area (Å²) in [6, 6.07) is 0. The zero-order chi connectivity index (χ0) is 7.11. The van der Waals surface area contributed by atoms with Gasteiger partial charge in [-0.1, -0.05) is 13.3 Å². The summed E-state index contributed by atoms with van der Waals surface area (Å²) in [5.41, 5.74) is 0. The van der Waals surface area contributed by atoms with E-state index >= 15 is 0 Å². The molecule has 2 heteroatoms. The van der Waals surface area contributed by atoms with Crippen LogP contribution in [0.15, 0.2) is 0 Å². The fraction of sp³-hybridized carbons (Fsp3) is 0.750. The molecule has 0 amide bonds. The third kappa shape index (κ3) is 8.77. The summed E-state index contributed by atoms with van der Waals surface area (Å²) in [7, 11) is 0. The van der Waals surface area contributed by atoms with E-state index in [2.05, 4.69) is 13.8 Å². The first-order valence-electron chi connectivity index (χ1n) is 3.62. The van der Waals surface area contributed by atoms with E-state index in [1.807, 2.05) is 0 Å². The van der Waals surface area contributed by atoms with Crippen LogP contribution in [0.1, 0.15) is 39.0 Å². The van der Waals surface area contributed by atoms with Crippen molar-refractivity contribution in [2.24, 2.45) is 0 Å². The Morgan fingerprint density at radius 2 is 2.00 bits per heavy atom. The van der Waals surface area contributed by atoms with E-state index in [0.29, 0.717) is 12.2 Å². The predicted octanol–water partition coefficient (Wildman–Crippen LogP) is 2.36. The zero-order valence-electron chi connectivity index (χ0n) is 6.73. The quantitative estimate of drug-likeness (QED) is 0.644. The van der Waals surface area contributed by atoms with Crippen LogP contribution in [0.25, 0.3) is 0 Å². The molecule has 1 radical (unpaired) electrons. The van der Waals surface area contributed by atoms with Gasteiger partial charge >= 0.3 is 0 Å². The second kappa shape index (κ2) is 9.77. The molecule has 0 aromatic rings. The summed E-state index contributed by atoms with van der Waals surface area (Å²) in [4.78, 5) is 10.8. The summed E-state index contributed by atoms with van der Waals surface area (Å²) in [6.07, 6.45) is 4.33. The van der Waals surface area contributed by atoms with Gasteiger partial charge in [-0.15, -0.1) is 0 Å². The van der Waals surface area contributed by atoms with E-state index < -0.39 is 0 Å². The van der Waals surface area contributed by atoms with E-state index in [-0.39, 0.29) is 32.7 Å². The standard InChI is InChI=1S/C8H15O.Y/c1-3-5-7-8(9)6-4-2;/h2-7H2,1H3;/q-1;. The minimum atomic E-state index is 0. The second-order valence-electron chi connectivity index (χ2n) is 2.25. The van der Waals surface area contributed by atoms with Crippen LogP contribution in [0.4, 0.5) is 0 Å². The van der Waals surface area contributed by atoms with Gasteiger partial charge in [0.05, 0.1) is 0 Å². The van der Waals surface area contributed by atoms with Crippen molar-refractivity contribution in [3.8, 4) is 0 Å². The van der Waals surface area contributed by atoms with Gasteiger partial charge in [0.15, 0.2) is 0 Å². The molecule has 0 bridgehead atoms. The Hall–Kier alpha value is 0.774. The number of unbranched alkanes of at least 4 members (excludes halogenated alkanes) is 1. The van der Waals surface area contributed by atoms with Crippen molar-refractivity contribution in [2.45, 2.75) is 39.0 Å². The molecule has 10 heavy (non-hydrogen) atoms. The molecule has 0 fully saturated rings. The molecule has 0 saturated carbocycles. The van der Waals surface area contributed by atoms with Crippen LogP contribution in [0.5, 0.6) is 0 Å². The Labute approximate surface area is 88.8 Å². The molecule has 0 aromatic carbocycles. The summed E-state index contributed by atoms with van der Waals surface area (Å²) in [5.74, 6) is 0.367. The molecule has 0 saturated heterocycles.